The van der Waals surface area contributed by atoms with Crippen LogP contribution < -0.4 is 5.32 Å². The van der Waals surface area contributed by atoms with Gasteiger partial charge in [0.15, 0.2) is 11.5 Å². The lowest BCUT2D eigenvalue weighted by Crippen LogP contribution is -2.26. The smallest absolute Gasteiger partial charge is 0.280 e. The van der Waals surface area contributed by atoms with E-state index in [0.29, 0.717) is 16.4 Å². The summed E-state index contributed by atoms with van der Waals surface area (Å²) in [5.74, 6) is -0.214. The van der Waals surface area contributed by atoms with Gasteiger partial charge in [-0.05, 0) is 12.1 Å². The van der Waals surface area contributed by atoms with Crippen LogP contribution in [0.2, 0.25) is 5.02 Å². The maximum absolute atomic E-state index is 12.2. The van der Waals surface area contributed by atoms with E-state index < -0.39 is 5.91 Å². The first kappa shape index (κ1) is 17.5. The van der Waals surface area contributed by atoms with Gasteiger partial charge in [-0.1, -0.05) is 28.9 Å². The van der Waals surface area contributed by atoms with E-state index in [0.717, 1.165) is 0 Å². The third-order valence-corrected chi connectivity index (χ3v) is 3.74. The highest BCUT2D eigenvalue weighted by atomic mass is 35.5. The molecule has 11 heteroatoms. The number of hydrogen-bond acceptors (Lipinski definition) is 6. The van der Waals surface area contributed by atoms with Crippen molar-refractivity contribution in [3.8, 4) is 11.4 Å². The summed E-state index contributed by atoms with van der Waals surface area (Å²) < 4.78 is 1.28. The average molecular weight is 375 g/mol. The molecule has 0 spiro atoms. The zero-order valence-electron chi connectivity index (χ0n) is 14.0. The summed E-state index contributed by atoms with van der Waals surface area (Å²) in [5, 5.41) is 17.2. The molecule has 0 aliphatic carbocycles. The summed E-state index contributed by atoms with van der Waals surface area (Å²) in [6.45, 7) is -0.00934. The molecule has 0 saturated carbocycles. The molecular weight excluding hydrogens is 360 g/mol. The van der Waals surface area contributed by atoms with Gasteiger partial charge in [0, 0.05) is 19.7 Å². The van der Waals surface area contributed by atoms with Crippen LogP contribution in [0.15, 0.2) is 30.5 Å². The van der Waals surface area contributed by atoms with E-state index in [1.54, 1.807) is 32.3 Å². The minimum Gasteiger partial charge on any atom is -0.347 e. The number of benzene rings is 1. The van der Waals surface area contributed by atoms with Gasteiger partial charge in [0.2, 0.25) is 11.9 Å². The van der Waals surface area contributed by atoms with Crippen molar-refractivity contribution in [2.24, 2.45) is 0 Å². The van der Waals surface area contributed by atoms with Gasteiger partial charge in [-0.15, -0.1) is 10.2 Å². The van der Waals surface area contributed by atoms with E-state index in [2.05, 4.69) is 30.8 Å². The molecule has 0 aliphatic heterocycles. The molecule has 3 aromatic rings. The number of halogens is 1. The van der Waals surface area contributed by atoms with Gasteiger partial charge in [-0.25, -0.2) is 4.68 Å². The predicted octanol–water partition coefficient (Wildman–Crippen LogP) is 1.06. The van der Waals surface area contributed by atoms with E-state index >= 15 is 0 Å². The summed E-state index contributed by atoms with van der Waals surface area (Å²) in [7, 11) is 3.26. The number of carbonyl (C=O) groups is 2. The molecule has 0 saturated heterocycles. The van der Waals surface area contributed by atoms with Crippen LogP contribution in [0, 0.1) is 0 Å². The third kappa shape index (κ3) is 3.86. The average Bonchev–Trinajstić information content (AvgIpc) is 3.25. The van der Waals surface area contributed by atoms with E-state index in [9.17, 15) is 9.59 Å². The van der Waals surface area contributed by atoms with E-state index in [-0.39, 0.29) is 24.1 Å². The maximum atomic E-state index is 12.2. The van der Waals surface area contributed by atoms with Gasteiger partial charge in [-0.3, -0.25) is 20.0 Å². The first-order valence-corrected chi connectivity index (χ1v) is 7.91. The Morgan fingerprint density at radius 3 is 2.81 bits per heavy atom. The van der Waals surface area contributed by atoms with Crippen molar-refractivity contribution in [3.05, 3.63) is 41.2 Å². The van der Waals surface area contributed by atoms with Crippen LogP contribution in [0.1, 0.15) is 10.5 Å². The van der Waals surface area contributed by atoms with Gasteiger partial charge in [0.25, 0.3) is 5.91 Å². The molecule has 134 valence electrons. The largest absolute Gasteiger partial charge is 0.347 e. The van der Waals surface area contributed by atoms with Crippen molar-refractivity contribution >= 4 is 29.4 Å². The second kappa shape index (κ2) is 7.31. The molecule has 2 aromatic heterocycles. The number of nitrogens with zero attached hydrogens (tertiary/aromatic N) is 6. The fourth-order valence-electron chi connectivity index (χ4n) is 2.02. The molecule has 2 N–H and O–H groups in total. The monoisotopic (exact) mass is 374 g/mol. The molecule has 1 aromatic carbocycles. The van der Waals surface area contributed by atoms with E-state index in [4.69, 9.17) is 11.6 Å². The molecular formula is C15H15ClN8O2. The topological polar surface area (TPSA) is 122 Å². The minimum absolute atomic E-state index is 0.00934. The van der Waals surface area contributed by atoms with Gasteiger partial charge >= 0.3 is 0 Å². The Hall–Kier alpha value is -3.27. The van der Waals surface area contributed by atoms with Gasteiger partial charge < -0.3 is 4.90 Å². The summed E-state index contributed by atoms with van der Waals surface area (Å²) in [4.78, 5) is 29.5. The number of aromatic nitrogens is 6. The first-order chi connectivity index (χ1) is 12.4. The zero-order chi connectivity index (χ0) is 18.7. The van der Waals surface area contributed by atoms with Crippen molar-refractivity contribution in [2.75, 3.05) is 19.4 Å². The Bertz CT molecular complexity index is 949. The fourth-order valence-corrected chi connectivity index (χ4v) is 2.24. The quantitative estimate of drug-likeness (QED) is 0.688. The number of anilines is 1. The number of nitrogens with one attached hydrogen (secondary N) is 2. The number of amides is 2. The standard InChI is InChI=1S/C15H15ClN8O2/c1-23(2)12(25)8-24-7-11(19-22-24)14(26)18-15-17-13(20-21-15)9-5-3-4-6-10(9)16/h3-7H,8H2,1-2H3,(H2,17,18,20,21,26). The van der Waals surface area contributed by atoms with E-state index in [1.165, 1.54) is 15.8 Å². The molecule has 0 fully saturated rings. The van der Waals surface area contributed by atoms with Gasteiger partial charge in [0.05, 0.1) is 11.2 Å². The van der Waals surface area contributed by atoms with Crippen LogP contribution in [-0.4, -0.2) is 61.0 Å². The molecule has 26 heavy (non-hydrogen) atoms. The number of aromatic amines is 1. The molecule has 0 unspecified atom stereocenters. The fraction of sp³-hybridized carbons (Fsp3) is 0.200. The molecule has 0 bridgehead atoms. The van der Waals surface area contributed by atoms with Crippen LogP contribution in [0.3, 0.4) is 0 Å². The molecule has 0 aliphatic rings. The highest BCUT2D eigenvalue weighted by Gasteiger charge is 2.16. The lowest BCUT2D eigenvalue weighted by molar-refractivity contribution is -0.129. The number of rotatable bonds is 5. The minimum atomic E-state index is -0.543. The molecule has 2 heterocycles. The SMILES string of the molecule is CN(C)C(=O)Cn1cc(C(=O)Nc2n[nH]c(-c3ccccc3Cl)n2)nn1. The van der Waals surface area contributed by atoms with Gasteiger partial charge in [0.1, 0.15) is 6.54 Å². The Kier molecular flexibility index (Phi) is 4.94. The van der Waals surface area contributed by atoms with Crippen molar-refractivity contribution in [2.45, 2.75) is 6.54 Å². The lowest BCUT2D eigenvalue weighted by Gasteiger charge is -2.08. The van der Waals surface area contributed by atoms with Crippen LogP contribution >= 0.6 is 11.6 Å². The molecule has 2 amide bonds. The summed E-state index contributed by atoms with van der Waals surface area (Å²) in [5.41, 5.74) is 0.705. The Labute approximate surface area is 153 Å². The summed E-state index contributed by atoms with van der Waals surface area (Å²) >= 11 is 6.11. The van der Waals surface area contributed by atoms with Crippen molar-refractivity contribution in [3.63, 3.8) is 0 Å². The number of carbonyl (C=O) groups excluding carboxylic acids is 2. The third-order valence-electron chi connectivity index (χ3n) is 3.41. The summed E-state index contributed by atoms with van der Waals surface area (Å²) in [6, 6.07) is 7.12. The van der Waals surface area contributed by atoms with Crippen molar-refractivity contribution < 1.29 is 9.59 Å². The summed E-state index contributed by atoms with van der Waals surface area (Å²) in [6.07, 6.45) is 1.37. The van der Waals surface area contributed by atoms with Crippen molar-refractivity contribution in [1.29, 1.82) is 0 Å². The molecule has 0 radical (unpaired) electrons. The van der Waals surface area contributed by atoms with Crippen molar-refractivity contribution in [1.82, 2.24) is 35.1 Å². The number of likely N-dealkylation sites (N-methyl/N-ethyl adjacent to an activating group) is 1. The lowest BCUT2D eigenvalue weighted by atomic mass is 10.2. The number of hydrogen-bond donors (Lipinski definition) is 2. The maximum Gasteiger partial charge on any atom is 0.280 e. The van der Waals surface area contributed by atoms with Gasteiger partial charge in [-0.2, -0.15) is 4.98 Å². The molecule has 10 nitrogen and oxygen atoms in total. The highest BCUT2D eigenvalue weighted by molar-refractivity contribution is 6.33. The first-order valence-electron chi connectivity index (χ1n) is 7.53. The predicted molar refractivity (Wildman–Crippen MR) is 93.5 cm³/mol. The normalized spacial score (nSPS) is 10.6. The Balaban J connectivity index is 1.68. The number of H-pyrrole nitrogens is 1. The van der Waals surface area contributed by atoms with Crippen LogP contribution in [0.5, 0.6) is 0 Å². The van der Waals surface area contributed by atoms with Crippen LogP contribution in [0.25, 0.3) is 11.4 Å². The highest BCUT2D eigenvalue weighted by Crippen LogP contribution is 2.24. The van der Waals surface area contributed by atoms with Crippen LogP contribution in [-0.2, 0) is 11.3 Å². The Morgan fingerprint density at radius 2 is 2.08 bits per heavy atom. The Morgan fingerprint density at radius 1 is 1.31 bits per heavy atom. The second-order valence-electron chi connectivity index (χ2n) is 5.53. The molecule has 0 atom stereocenters. The zero-order valence-corrected chi connectivity index (χ0v) is 14.7. The second-order valence-corrected chi connectivity index (χ2v) is 5.94. The van der Waals surface area contributed by atoms with Crippen LogP contribution in [0.4, 0.5) is 5.95 Å². The van der Waals surface area contributed by atoms with E-state index in [1.807, 2.05) is 6.07 Å². The molecule has 3 rings (SSSR count).